The second-order valence-corrected chi connectivity index (χ2v) is 13.9. The molecule has 0 radical (unpaired) electrons. The van der Waals surface area contributed by atoms with Gasteiger partial charge < -0.3 is 20.9 Å². The molecule has 6 atom stereocenters. The highest BCUT2D eigenvalue weighted by molar-refractivity contribution is 7.94. The van der Waals surface area contributed by atoms with Crippen LogP contribution in [0.3, 0.4) is 0 Å². The lowest BCUT2D eigenvalue weighted by Crippen LogP contribution is -2.60. The molecule has 40 heavy (non-hydrogen) atoms. The summed E-state index contributed by atoms with van der Waals surface area (Å²) in [4.78, 5) is 52.4. The fraction of sp³-hybridized carbons (Fsp3) is 0.760. The van der Waals surface area contributed by atoms with Crippen molar-refractivity contribution < 1.29 is 45.2 Å². The fourth-order valence-electron chi connectivity index (χ4n) is 5.79. The average molecular weight is 597 g/mol. The Morgan fingerprint density at radius 3 is 2.30 bits per heavy atom. The number of fused-ring (bicyclic) bond motifs is 1. The standard InChI is InChI=1S/C25H36F4N4O6S/c1-24(2,3)19(32-23(37)25(27,28)29)22(36)33-12-14-6-5-7-16(14)18(33)21(35)31-15(11-17(26)40(4,38)39)10-13-8-9-30-20(13)34/h11,13-16,18-19H,5-10,12H2,1-4H3,(H,30,34)(H,31,35)(H,32,37)/b17-11+/t13-,14+,15+,16+,18-,19-/m0/s1. The van der Waals surface area contributed by atoms with E-state index in [1.54, 1.807) is 5.32 Å². The molecule has 3 fully saturated rings. The molecular formula is C25H36F4N4O6S. The van der Waals surface area contributed by atoms with E-state index in [-0.39, 0.29) is 30.7 Å². The number of hydrogen-bond acceptors (Lipinski definition) is 6. The summed E-state index contributed by atoms with van der Waals surface area (Å²) >= 11 is 0. The van der Waals surface area contributed by atoms with Gasteiger partial charge in [0.1, 0.15) is 12.1 Å². The van der Waals surface area contributed by atoms with Crippen LogP contribution in [-0.4, -0.2) is 80.6 Å². The molecule has 3 N–H and O–H groups in total. The molecule has 0 aromatic carbocycles. The Bertz CT molecular complexity index is 1170. The summed E-state index contributed by atoms with van der Waals surface area (Å²) in [5, 5.41) is 5.50. The summed E-state index contributed by atoms with van der Waals surface area (Å²) in [6, 6.07) is -3.95. The number of nitrogens with zero attached hydrogens (tertiary/aromatic N) is 1. The molecule has 0 aromatic rings. The number of hydrogen-bond donors (Lipinski definition) is 3. The number of rotatable bonds is 8. The van der Waals surface area contributed by atoms with Crippen LogP contribution in [-0.2, 0) is 29.0 Å². The number of alkyl halides is 3. The molecule has 0 unspecified atom stereocenters. The van der Waals surface area contributed by atoms with Crippen molar-refractivity contribution in [3.05, 3.63) is 11.2 Å². The molecule has 4 amide bonds. The topological polar surface area (TPSA) is 142 Å². The maximum absolute atomic E-state index is 14.5. The van der Waals surface area contributed by atoms with Crippen molar-refractivity contribution in [2.45, 2.75) is 77.2 Å². The summed E-state index contributed by atoms with van der Waals surface area (Å²) < 4.78 is 77.1. The minimum absolute atomic E-state index is 0.0826. The number of amides is 4. The lowest BCUT2D eigenvalue weighted by molar-refractivity contribution is -0.176. The molecule has 2 saturated heterocycles. The van der Waals surface area contributed by atoms with E-state index in [1.165, 1.54) is 25.7 Å². The van der Waals surface area contributed by atoms with Crippen LogP contribution in [0.25, 0.3) is 0 Å². The summed E-state index contributed by atoms with van der Waals surface area (Å²) in [5.41, 5.74) is -1.14. The Kier molecular flexibility index (Phi) is 9.26. The van der Waals surface area contributed by atoms with Crippen molar-refractivity contribution in [2.75, 3.05) is 19.3 Å². The molecule has 3 rings (SSSR count). The van der Waals surface area contributed by atoms with Gasteiger partial charge in [-0.3, -0.25) is 19.2 Å². The third-order valence-corrected chi connectivity index (χ3v) is 8.65. The first-order chi connectivity index (χ1) is 18.3. The monoisotopic (exact) mass is 596 g/mol. The smallest absolute Gasteiger partial charge is 0.356 e. The molecule has 1 aliphatic carbocycles. The van der Waals surface area contributed by atoms with Gasteiger partial charge in [0.15, 0.2) is 0 Å². The second kappa shape index (κ2) is 11.6. The first-order valence-electron chi connectivity index (χ1n) is 13.1. The van der Waals surface area contributed by atoms with E-state index in [4.69, 9.17) is 0 Å². The Hall–Kier alpha value is -2.71. The van der Waals surface area contributed by atoms with Crippen molar-refractivity contribution in [3.8, 4) is 0 Å². The van der Waals surface area contributed by atoms with Gasteiger partial charge in [-0.25, -0.2) is 8.42 Å². The number of likely N-dealkylation sites (tertiary alicyclic amines) is 1. The Balaban J connectivity index is 1.91. The predicted octanol–water partition coefficient (Wildman–Crippen LogP) is 1.57. The third kappa shape index (κ3) is 7.32. The van der Waals surface area contributed by atoms with Gasteiger partial charge in [-0.15, -0.1) is 0 Å². The van der Waals surface area contributed by atoms with Crippen LogP contribution in [0.4, 0.5) is 17.6 Å². The van der Waals surface area contributed by atoms with Gasteiger partial charge in [-0.1, -0.05) is 27.2 Å². The Labute approximate surface area is 230 Å². The predicted molar refractivity (Wildman–Crippen MR) is 135 cm³/mol. The number of sulfone groups is 1. The zero-order chi connectivity index (χ0) is 30.2. The Morgan fingerprint density at radius 2 is 1.77 bits per heavy atom. The maximum Gasteiger partial charge on any atom is 0.471 e. The molecule has 226 valence electrons. The quantitative estimate of drug-likeness (QED) is 0.364. The number of carbonyl (C=O) groups is 4. The first-order valence-corrected chi connectivity index (χ1v) is 15.0. The van der Waals surface area contributed by atoms with E-state index < -0.39 is 68.4 Å². The van der Waals surface area contributed by atoms with Gasteiger partial charge in [0, 0.05) is 25.3 Å². The lowest BCUT2D eigenvalue weighted by Gasteiger charge is -2.36. The zero-order valence-electron chi connectivity index (χ0n) is 22.8. The van der Waals surface area contributed by atoms with E-state index in [1.807, 2.05) is 0 Å². The Morgan fingerprint density at radius 1 is 1.12 bits per heavy atom. The summed E-state index contributed by atoms with van der Waals surface area (Å²) in [6.07, 6.45) is -1.55. The van der Waals surface area contributed by atoms with Gasteiger partial charge in [-0.2, -0.15) is 17.6 Å². The van der Waals surface area contributed by atoms with Crippen LogP contribution < -0.4 is 16.0 Å². The molecule has 2 heterocycles. The fourth-order valence-corrected chi connectivity index (χ4v) is 6.20. The van der Waals surface area contributed by atoms with Gasteiger partial charge >= 0.3 is 12.1 Å². The largest absolute Gasteiger partial charge is 0.471 e. The van der Waals surface area contributed by atoms with Crippen LogP contribution >= 0.6 is 0 Å². The van der Waals surface area contributed by atoms with E-state index in [2.05, 4.69) is 10.6 Å². The molecule has 3 aliphatic rings. The number of nitrogens with one attached hydrogen (secondary N) is 3. The van der Waals surface area contributed by atoms with Crippen LogP contribution in [0.5, 0.6) is 0 Å². The van der Waals surface area contributed by atoms with Crippen LogP contribution in [0.1, 0.15) is 52.9 Å². The van der Waals surface area contributed by atoms with Gasteiger partial charge in [0.05, 0.1) is 6.04 Å². The van der Waals surface area contributed by atoms with Crippen LogP contribution in [0.15, 0.2) is 11.2 Å². The highest BCUT2D eigenvalue weighted by Gasteiger charge is 2.53. The molecule has 0 spiro atoms. The summed E-state index contributed by atoms with van der Waals surface area (Å²) in [5.74, 6) is -5.25. The van der Waals surface area contributed by atoms with Crippen molar-refractivity contribution in [1.82, 2.24) is 20.9 Å². The number of carbonyl (C=O) groups excluding carboxylic acids is 4. The average Bonchev–Trinajstić information content (AvgIpc) is 3.50. The maximum atomic E-state index is 14.5. The van der Waals surface area contributed by atoms with Gasteiger partial charge in [0.25, 0.3) is 0 Å². The minimum atomic E-state index is -5.22. The lowest BCUT2D eigenvalue weighted by atomic mass is 9.85. The molecule has 2 aliphatic heterocycles. The molecule has 10 nitrogen and oxygen atoms in total. The summed E-state index contributed by atoms with van der Waals surface area (Å²) in [6.45, 7) is 4.91. The van der Waals surface area contributed by atoms with Crippen LogP contribution in [0, 0.1) is 23.2 Å². The second-order valence-electron chi connectivity index (χ2n) is 11.9. The minimum Gasteiger partial charge on any atom is -0.356 e. The van der Waals surface area contributed by atoms with E-state index >= 15 is 0 Å². The SMILES string of the molecule is CC(C)(C)[C@@H](NC(=O)C(F)(F)F)C(=O)N1C[C@H]2CCC[C@H]2[C@H]1C(=O)N[C@@H](/C=C(\F)S(C)(=O)=O)C[C@@H]1CCNC1=O. The first kappa shape index (κ1) is 31.8. The number of halogens is 4. The highest BCUT2D eigenvalue weighted by Crippen LogP contribution is 2.43. The summed E-state index contributed by atoms with van der Waals surface area (Å²) in [7, 11) is -4.24. The molecule has 0 aromatic heterocycles. The van der Waals surface area contributed by atoms with Crippen molar-refractivity contribution in [2.24, 2.45) is 23.2 Å². The molecule has 1 saturated carbocycles. The van der Waals surface area contributed by atoms with E-state index in [9.17, 15) is 45.2 Å². The van der Waals surface area contributed by atoms with Crippen molar-refractivity contribution in [1.29, 1.82) is 0 Å². The van der Waals surface area contributed by atoms with Gasteiger partial charge in [-0.05, 0) is 49.0 Å². The van der Waals surface area contributed by atoms with Gasteiger partial charge in [0.2, 0.25) is 32.7 Å². The van der Waals surface area contributed by atoms with Crippen molar-refractivity contribution >= 4 is 33.5 Å². The molecular weight excluding hydrogens is 560 g/mol. The molecule has 0 bridgehead atoms. The van der Waals surface area contributed by atoms with E-state index in [0.717, 1.165) is 6.42 Å². The highest BCUT2D eigenvalue weighted by atomic mass is 32.2. The van der Waals surface area contributed by atoms with Crippen molar-refractivity contribution in [3.63, 3.8) is 0 Å². The normalized spacial score (nSPS) is 27.1. The van der Waals surface area contributed by atoms with Crippen LogP contribution in [0.2, 0.25) is 0 Å². The third-order valence-electron chi connectivity index (χ3n) is 7.80. The molecule has 15 heteroatoms. The van der Waals surface area contributed by atoms with E-state index in [0.29, 0.717) is 38.1 Å². The zero-order valence-corrected chi connectivity index (χ0v) is 23.6.